The summed E-state index contributed by atoms with van der Waals surface area (Å²) < 4.78 is 0. The lowest BCUT2D eigenvalue weighted by molar-refractivity contribution is -0.144. The minimum Gasteiger partial charge on any atom is -0.481 e. The fourth-order valence-electron chi connectivity index (χ4n) is 2.86. The van der Waals surface area contributed by atoms with E-state index in [0.29, 0.717) is 0 Å². The Balaban J connectivity index is 2.70. The summed E-state index contributed by atoms with van der Waals surface area (Å²) in [5.41, 5.74) is 0. The van der Waals surface area contributed by atoms with Gasteiger partial charge in [-0.25, -0.2) is 0 Å². The number of rotatable bonds is 6. The summed E-state index contributed by atoms with van der Waals surface area (Å²) in [6.07, 6.45) is 3.53. The zero-order valence-corrected chi connectivity index (χ0v) is 13.1. The van der Waals surface area contributed by atoms with Gasteiger partial charge in [0.25, 0.3) is 0 Å². The lowest BCUT2D eigenvalue weighted by Gasteiger charge is -2.38. The van der Waals surface area contributed by atoms with E-state index in [1.807, 2.05) is 0 Å². The highest BCUT2D eigenvalue weighted by Gasteiger charge is 2.32. The summed E-state index contributed by atoms with van der Waals surface area (Å²) >= 11 is 0. The van der Waals surface area contributed by atoms with Gasteiger partial charge in [0.15, 0.2) is 0 Å². The molecule has 5 heteroatoms. The van der Waals surface area contributed by atoms with Crippen molar-refractivity contribution in [1.82, 2.24) is 9.80 Å². The third kappa shape index (κ3) is 4.47. The molecule has 0 aliphatic carbocycles. The molecule has 20 heavy (non-hydrogen) atoms. The van der Waals surface area contributed by atoms with Crippen LogP contribution in [0.5, 0.6) is 0 Å². The topological polar surface area (TPSA) is 60.9 Å². The van der Waals surface area contributed by atoms with Crippen LogP contribution in [0.15, 0.2) is 0 Å². The molecule has 2 atom stereocenters. The van der Waals surface area contributed by atoms with Crippen LogP contribution in [0, 0.1) is 11.8 Å². The van der Waals surface area contributed by atoms with Crippen molar-refractivity contribution in [3.63, 3.8) is 0 Å². The quantitative estimate of drug-likeness (QED) is 0.806. The van der Waals surface area contributed by atoms with E-state index in [1.165, 1.54) is 6.42 Å². The first-order chi connectivity index (χ1) is 9.34. The van der Waals surface area contributed by atoms with Crippen molar-refractivity contribution < 1.29 is 14.7 Å². The number of hydrogen-bond acceptors (Lipinski definition) is 3. The molecule has 1 heterocycles. The molecule has 0 bridgehead atoms. The van der Waals surface area contributed by atoms with Crippen molar-refractivity contribution in [2.75, 3.05) is 26.7 Å². The fourth-order valence-corrected chi connectivity index (χ4v) is 2.86. The molecule has 1 rings (SSSR count). The van der Waals surface area contributed by atoms with Gasteiger partial charge in [0.2, 0.25) is 5.91 Å². The fraction of sp³-hybridized carbons (Fsp3) is 0.867. The Labute approximate surface area is 121 Å². The van der Waals surface area contributed by atoms with Gasteiger partial charge in [0.1, 0.15) is 0 Å². The average molecular weight is 284 g/mol. The third-order valence-corrected chi connectivity index (χ3v) is 4.01. The second kappa shape index (κ2) is 7.62. The Morgan fingerprint density at radius 3 is 2.15 bits per heavy atom. The summed E-state index contributed by atoms with van der Waals surface area (Å²) in [6.45, 7) is 7.97. The van der Waals surface area contributed by atoms with Crippen LogP contribution >= 0.6 is 0 Å². The molecule has 0 saturated carbocycles. The highest BCUT2D eigenvalue weighted by Crippen LogP contribution is 2.19. The van der Waals surface area contributed by atoms with Crippen molar-refractivity contribution in [1.29, 1.82) is 0 Å². The number of likely N-dealkylation sites (tertiary alicyclic amines) is 1. The van der Waals surface area contributed by atoms with Crippen LogP contribution in [0.1, 0.15) is 40.0 Å². The molecule has 2 unspecified atom stereocenters. The molecule has 0 radical (unpaired) electrons. The summed E-state index contributed by atoms with van der Waals surface area (Å²) in [7, 11) is 1.71. The van der Waals surface area contributed by atoms with Gasteiger partial charge in [-0.15, -0.1) is 0 Å². The number of hydrogen-bond donors (Lipinski definition) is 1. The van der Waals surface area contributed by atoms with Gasteiger partial charge in [0, 0.05) is 13.6 Å². The first-order valence-electron chi connectivity index (χ1n) is 7.56. The molecular weight excluding hydrogens is 256 g/mol. The van der Waals surface area contributed by atoms with E-state index in [1.54, 1.807) is 18.9 Å². The SMILES string of the molecule is CC(CN(C)C(=O)C(C(C)C)N1CCCCC1)C(=O)O. The van der Waals surface area contributed by atoms with Crippen LogP contribution < -0.4 is 0 Å². The van der Waals surface area contributed by atoms with Crippen LogP contribution in [0.2, 0.25) is 0 Å². The second-order valence-electron chi connectivity index (χ2n) is 6.24. The molecule has 1 fully saturated rings. The highest BCUT2D eigenvalue weighted by atomic mass is 16.4. The van der Waals surface area contributed by atoms with Crippen LogP contribution in [0.3, 0.4) is 0 Å². The van der Waals surface area contributed by atoms with E-state index < -0.39 is 11.9 Å². The zero-order chi connectivity index (χ0) is 15.3. The van der Waals surface area contributed by atoms with Crippen LogP contribution in [0.4, 0.5) is 0 Å². The number of likely N-dealkylation sites (N-methyl/N-ethyl adjacent to an activating group) is 1. The van der Waals surface area contributed by atoms with Gasteiger partial charge in [-0.2, -0.15) is 0 Å². The molecular formula is C15H28N2O3. The Bertz CT molecular complexity index is 338. The lowest BCUT2D eigenvalue weighted by atomic mass is 9.97. The number of carboxylic acid groups (broad SMARTS) is 1. The van der Waals surface area contributed by atoms with E-state index >= 15 is 0 Å². The molecule has 0 aromatic rings. The van der Waals surface area contributed by atoms with E-state index in [-0.39, 0.29) is 24.4 Å². The average Bonchev–Trinajstić information content (AvgIpc) is 2.39. The van der Waals surface area contributed by atoms with Crippen LogP contribution in [-0.2, 0) is 9.59 Å². The minimum absolute atomic E-state index is 0.0509. The lowest BCUT2D eigenvalue weighted by Crippen LogP contribution is -2.52. The number of piperidine rings is 1. The number of carbonyl (C=O) groups excluding carboxylic acids is 1. The molecule has 0 aromatic carbocycles. The molecule has 1 N–H and O–H groups in total. The van der Waals surface area contributed by atoms with Crippen molar-refractivity contribution in [3.8, 4) is 0 Å². The highest BCUT2D eigenvalue weighted by molar-refractivity contribution is 5.82. The number of carbonyl (C=O) groups is 2. The summed E-state index contributed by atoms with van der Waals surface area (Å²) in [5, 5.41) is 8.96. The van der Waals surface area contributed by atoms with Crippen LogP contribution in [-0.4, -0.2) is 59.5 Å². The molecule has 0 aromatic heterocycles. The molecule has 1 amide bonds. The van der Waals surface area contributed by atoms with Gasteiger partial charge in [-0.1, -0.05) is 27.2 Å². The molecule has 1 saturated heterocycles. The Morgan fingerprint density at radius 2 is 1.70 bits per heavy atom. The van der Waals surface area contributed by atoms with Crippen molar-refractivity contribution in [2.45, 2.75) is 46.1 Å². The number of amides is 1. The summed E-state index contributed by atoms with van der Waals surface area (Å²) in [5.74, 6) is -1.10. The summed E-state index contributed by atoms with van der Waals surface area (Å²) in [4.78, 5) is 27.4. The maximum Gasteiger partial charge on any atom is 0.308 e. The Kier molecular flexibility index (Phi) is 6.46. The second-order valence-corrected chi connectivity index (χ2v) is 6.24. The van der Waals surface area contributed by atoms with E-state index in [0.717, 1.165) is 25.9 Å². The van der Waals surface area contributed by atoms with Crippen molar-refractivity contribution >= 4 is 11.9 Å². The Hall–Kier alpha value is -1.10. The first kappa shape index (κ1) is 17.0. The molecule has 0 spiro atoms. The molecule has 5 nitrogen and oxygen atoms in total. The van der Waals surface area contributed by atoms with Gasteiger partial charge in [-0.05, 0) is 31.8 Å². The minimum atomic E-state index is -0.858. The standard InChI is InChI=1S/C15H28N2O3/c1-11(2)13(17-8-6-5-7-9-17)14(18)16(4)10-12(3)15(19)20/h11-13H,5-10H2,1-4H3,(H,19,20). The Morgan fingerprint density at radius 1 is 1.15 bits per heavy atom. The number of nitrogens with zero attached hydrogens (tertiary/aromatic N) is 2. The largest absolute Gasteiger partial charge is 0.481 e. The summed E-state index contributed by atoms with van der Waals surface area (Å²) in [6, 6.07) is -0.124. The predicted octanol–water partition coefficient (Wildman–Crippen LogP) is 1.68. The van der Waals surface area contributed by atoms with E-state index in [9.17, 15) is 9.59 Å². The van der Waals surface area contributed by atoms with Crippen molar-refractivity contribution in [3.05, 3.63) is 0 Å². The monoisotopic (exact) mass is 284 g/mol. The van der Waals surface area contributed by atoms with Crippen molar-refractivity contribution in [2.24, 2.45) is 11.8 Å². The molecule has 116 valence electrons. The molecule has 1 aliphatic heterocycles. The van der Waals surface area contributed by atoms with Gasteiger partial charge in [-0.3, -0.25) is 14.5 Å². The van der Waals surface area contributed by atoms with Gasteiger partial charge < -0.3 is 10.0 Å². The smallest absolute Gasteiger partial charge is 0.308 e. The normalized spacial score (nSPS) is 19.6. The zero-order valence-electron chi connectivity index (χ0n) is 13.1. The van der Waals surface area contributed by atoms with Gasteiger partial charge in [0.05, 0.1) is 12.0 Å². The molecule has 1 aliphatic rings. The van der Waals surface area contributed by atoms with Gasteiger partial charge >= 0.3 is 5.97 Å². The van der Waals surface area contributed by atoms with E-state index in [2.05, 4.69) is 18.7 Å². The maximum absolute atomic E-state index is 12.6. The van der Waals surface area contributed by atoms with E-state index in [4.69, 9.17) is 5.11 Å². The third-order valence-electron chi connectivity index (χ3n) is 4.01. The maximum atomic E-state index is 12.6. The predicted molar refractivity (Wildman–Crippen MR) is 78.5 cm³/mol. The number of carboxylic acids is 1. The van der Waals surface area contributed by atoms with Crippen LogP contribution in [0.25, 0.3) is 0 Å². The number of aliphatic carboxylic acids is 1. The first-order valence-corrected chi connectivity index (χ1v) is 7.56.